The van der Waals surface area contributed by atoms with Crippen molar-refractivity contribution in [1.29, 1.82) is 0 Å². The zero-order chi connectivity index (χ0) is 44.3. The van der Waals surface area contributed by atoms with E-state index in [1.165, 1.54) is 44.7 Å². The molecule has 3 heterocycles. The van der Waals surface area contributed by atoms with Crippen LogP contribution in [-0.2, 0) is 21.7 Å². The van der Waals surface area contributed by atoms with E-state index in [1.54, 1.807) is 0 Å². The minimum Gasteiger partial charge on any atom is -0.457 e. The summed E-state index contributed by atoms with van der Waals surface area (Å²) in [6, 6.07) is 59.1. The van der Waals surface area contributed by atoms with Crippen molar-refractivity contribution in [2.75, 3.05) is 16.5 Å². The average molecular weight is 829 g/mol. The van der Waals surface area contributed by atoms with Crippen LogP contribution < -0.4 is 14.5 Å². The van der Waals surface area contributed by atoms with Crippen molar-refractivity contribution in [3.63, 3.8) is 0 Å². The van der Waals surface area contributed by atoms with Gasteiger partial charge in [0.1, 0.15) is 17.3 Å². The molecule has 0 aliphatic carbocycles. The van der Waals surface area contributed by atoms with Crippen LogP contribution in [0.1, 0.15) is 91.5 Å². The molecule has 2 aromatic heterocycles. The molecule has 0 saturated carbocycles. The van der Waals surface area contributed by atoms with Crippen molar-refractivity contribution in [3.8, 4) is 17.3 Å². The molecule has 0 bridgehead atoms. The molecule has 318 valence electrons. The molecular weight excluding hydrogens is 769 g/mol. The fraction of sp³-hybridized carbons (Fsp3) is 0.259. The van der Waals surface area contributed by atoms with Crippen LogP contribution in [0.15, 0.2) is 181 Å². The highest BCUT2D eigenvalue weighted by Gasteiger charge is 2.46. The maximum Gasteiger partial charge on any atom is 0.137 e. The van der Waals surface area contributed by atoms with E-state index in [0.717, 1.165) is 39.4 Å². The SMILES string of the molecule is CC(C)(C)c1cccc(N2CN(c3cccc(Oc4ccc5c6ccccc6n(-c6cc(C(C)(C)C)ccn6)c5c4)c3)C(C(C)(C)c3ccccc3)=C2C(C)(C)c2ccccc2)c1. The summed E-state index contributed by atoms with van der Waals surface area (Å²) < 4.78 is 9.17. The van der Waals surface area contributed by atoms with E-state index < -0.39 is 0 Å². The summed E-state index contributed by atoms with van der Waals surface area (Å²) in [4.78, 5) is 10.00. The lowest BCUT2D eigenvalue weighted by molar-refractivity contribution is 0.483. The average Bonchev–Trinajstić information content (AvgIpc) is 3.85. The van der Waals surface area contributed by atoms with Crippen molar-refractivity contribution < 1.29 is 4.74 Å². The van der Waals surface area contributed by atoms with Gasteiger partial charge in [-0.3, -0.25) is 4.57 Å². The van der Waals surface area contributed by atoms with Gasteiger partial charge in [-0.25, -0.2) is 4.98 Å². The molecule has 0 spiro atoms. The predicted molar refractivity (Wildman–Crippen MR) is 265 cm³/mol. The highest BCUT2D eigenvalue weighted by Crippen LogP contribution is 2.50. The number of pyridine rings is 1. The summed E-state index contributed by atoms with van der Waals surface area (Å²) >= 11 is 0. The van der Waals surface area contributed by atoms with Crippen molar-refractivity contribution in [2.45, 2.75) is 90.9 Å². The standard InChI is InChI=1S/C58H60N4O/c1-55(2,3)42-25-19-26-44(35-42)60-39-61(54(58(9,10)41-23-15-12-16-24-41)53(60)57(7,8)40-21-13-11-14-22-40)45-27-20-28-46(37-45)63-47-31-32-49-48-29-17-18-30-50(48)62(51(49)38-47)52-36-43(33-34-59-52)56(4,5)6/h11-38H,39H2,1-10H3. The minimum absolute atomic E-state index is 0.00356. The van der Waals surface area contributed by atoms with Gasteiger partial charge in [0.05, 0.1) is 29.1 Å². The van der Waals surface area contributed by atoms with Gasteiger partial charge in [-0.15, -0.1) is 0 Å². The molecule has 0 fully saturated rings. The Morgan fingerprint density at radius 2 is 0.937 bits per heavy atom. The Kier molecular flexibility index (Phi) is 10.4. The normalized spacial score (nSPS) is 14.0. The number of anilines is 2. The van der Waals surface area contributed by atoms with Crippen LogP contribution in [0.3, 0.4) is 0 Å². The number of fused-ring (bicyclic) bond motifs is 3. The number of para-hydroxylation sites is 1. The molecule has 8 aromatic rings. The highest BCUT2D eigenvalue weighted by molar-refractivity contribution is 6.09. The highest BCUT2D eigenvalue weighted by atomic mass is 16.5. The number of hydrogen-bond acceptors (Lipinski definition) is 4. The molecule has 5 nitrogen and oxygen atoms in total. The van der Waals surface area contributed by atoms with Crippen LogP contribution in [0.25, 0.3) is 27.6 Å². The maximum atomic E-state index is 6.90. The lowest BCUT2D eigenvalue weighted by atomic mass is 9.73. The monoisotopic (exact) mass is 828 g/mol. The first-order chi connectivity index (χ1) is 30.0. The molecule has 1 aliphatic rings. The number of allylic oxidation sites excluding steroid dienone is 2. The van der Waals surface area contributed by atoms with Crippen LogP contribution in [0, 0.1) is 0 Å². The molecule has 6 aromatic carbocycles. The largest absolute Gasteiger partial charge is 0.457 e. The fourth-order valence-corrected chi connectivity index (χ4v) is 9.47. The lowest BCUT2D eigenvalue weighted by Crippen LogP contribution is -2.34. The van der Waals surface area contributed by atoms with Crippen molar-refractivity contribution in [3.05, 3.63) is 204 Å². The Morgan fingerprint density at radius 3 is 1.56 bits per heavy atom. The van der Waals surface area contributed by atoms with Gasteiger partial charge < -0.3 is 14.5 Å². The molecular formula is C58H60N4O. The second kappa shape index (κ2) is 15.6. The maximum absolute atomic E-state index is 6.90. The Morgan fingerprint density at radius 1 is 0.429 bits per heavy atom. The van der Waals surface area contributed by atoms with Crippen LogP contribution in [-0.4, -0.2) is 16.2 Å². The van der Waals surface area contributed by atoms with E-state index in [-0.39, 0.29) is 21.7 Å². The summed E-state index contributed by atoms with van der Waals surface area (Å²) in [7, 11) is 0. The van der Waals surface area contributed by atoms with Gasteiger partial charge in [-0.05, 0) is 87.7 Å². The first-order valence-electron chi connectivity index (χ1n) is 22.3. The molecule has 0 saturated heterocycles. The molecule has 1 aliphatic heterocycles. The second-order valence-corrected chi connectivity index (χ2v) is 20.3. The van der Waals surface area contributed by atoms with Crippen molar-refractivity contribution in [2.24, 2.45) is 0 Å². The second-order valence-electron chi connectivity index (χ2n) is 20.3. The van der Waals surface area contributed by atoms with E-state index in [4.69, 9.17) is 9.72 Å². The fourth-order valence-electron chi connectivity index (χ4n) is 9.47. The smallest absolute Gasteiger partial charge is 0.137 e. The predicted octanol–water partition coefficient (Wildman–Crippen LogP) is 15.0. The number of nitrogens with zero attached hydrogens (tertiary/aromatic N) is 4. The molecule has 0 N–H and O–H groups in total. The Hall–Kier alpha value is -6.59. The van der Waals surface area contributed by atoms with Gasteiger partial charge >= 0.3 is 0 Å². The topological polar surface area (TPSA) is 33.5 Å². The Bertz CT molecular complexity index is 2980. The minimum atomic E-state index is -0.382. The summed E-state index contributed by atoms with van der Waals surface area (Å²) in [5, 5.41) is 2.35. The third-order valence-electron chi connectivity index (χ3n) is 13.1. The summed E-state index contributed by atoms with van der Waals surface area (Å²) in [5.41, 5.74) is 11.3. The number of aromatic nitrogens is 2. The van der Waals surface area contributed by atoms with Gasteiger partial charge in [0.15, 0.2) is 0 Å². The Balaban J connectivity index is 1.19. The van der Waals surface area contributed by atoms with Crippen LogP contribution in [0.4, 0.5) is 11.4 Å². The van der Waals surface area contributed by atoms with E-state index >= 15 is 0 Å². The molecule has 0 amide bonds. The third kappa shape index (κ3) is 7.69. The number of benzene rings is 6. The van der Waals surface area contributed by atoms with E-state index in [2.05, 4.69) is 247 Å². The van der Waals surface area contributed by atoms with Gasteiger partial charge in [0.2, 0.25) is 0 Å². The van der Waals surface area contributed by atoms with Gasteiger partial charge in [0.25, 0.3) is 0 Å². The molecule has 63 heavy (non-hydrogen) atoms. The van der Waals surface area contributed by atoms with Crippen molar-refractivity contribution in [1.82, 2.24) is 9.55 Å². The quantitative estimate of drug-likeness (QED) is 0.145. The summed E-state index contributed by atoms with van der Waals surface area (Å²) in [6.45, 7) is 23.8. The van der Waals surface area contributed by atoms with E-state index in [9.17, 15) is 0 Å². The van der Waals surface area contributed by atoms with Crippen LogP contribution in [0.2, 0.25) is 0 Å². The van der Waals surface area contributed by atoms with Crippen molar-refractivity contribution >= 4 is 33.2 Å². The number of hydrogen-bond donors (Lipinski definition) is 0. The zero-order valence-electron chi connectivity index (χ0n) is 38.6. The van der Waals surface area contributed by atoms with Gasteiger partial charge in [-0.2, -0.15) is 0 Å². The molecule has 5 heteroatoms. The first-order valence-corrected chi connectivity index (χ1v) is 22.3. The van der Waals surface area contributed by atoms with Gasteiger partial charge in [0, 0.05) is 51.3 Å². The molecule has 0 radical (unpaired) electrons. The zero-order valence-corrected chi connectivity index (χ0v) is 38.6. The van der Waals surface area contributed by atoms with Gasteiger partial charge in [-0.1, -0.05) is 166 Å². The van der Waals surface area contributed by atoms with E-state index in [1.807, 2.05) is 6.20 Å². The summed E-state index contributed by atoms with van der Waals surface area (Å²) in [5.74, 6) is 2.44. The number of ether oxygens (including phenoxy) is 1. The number of rotatable bonds is 9. The third-order valence-corrected chi connectivity index (χ3v) is 13.1. The molecule has 0 unspecified atom stereocenters. The molecule has 0 atom stereocenters. The molecule has 9 rings (SSSR count). The van der Waals surface area contributed by atoms with Crippen LogP contribution in [0.5, 0.6) is 11.5 Å². The van der Waals surface area contributed by atoms with E-state index in [0.29, 0.717) is 6.67 Å². The van der Waals surface area contributed by atoms with Crippen LogP contribution >= 0.6 is 0 Å². The lowest BCUT2D eigenvalue weighted by Gasteiger charge is -2.38. The Labute approximate surface area is 374 Å². The summed E-state index contributed by atoms with van der Waals surface area (Å²) in [6.07, 6.45) is 1.93. The first kappa shape index (κ1) is 41.7.